The second-order valence-corrected chi connectivity index (χ2v) is 6.73. The predicted octanol–water partition coefficient (Wildman–Crippen LogP) is 3.24. The topological polar surface area (TPSA) is 77.6 Å². The van der Waals surface area contributed by atoms with E-state index in [1.807, 2.05) is 54.6 Å². The summed E-state index contributed by atoms with van der Waals surface area (Å²) in [5, 5.41) is 2.78. The average molecular weight is 388 g/mol. The Hall–Kier alpha value is -3.87. The van der Waals surface area contributed by atoms with Gasteiger partial charge in [0.05, 0.1) is 5.69 Å². The summed E-state index contributed by atoms with van der Waals surface area (Å²) in [6, 6.07) is 16.9. The molecule has 146 valence electrons. The summed E-state index contributed by atoms with van der Waals surface area (Å²) in [5.74, 6) is 0.592. The fourth-order valence-corrected chi connectivity index (χ4v) is 3.16. The van der Waals surface area contributed by atoms with Gasteiger partial charge in [-0.05, 0) is 29.8 Å². The van der Waals surface area contributed by atoms with E-state index in [4.69, 9.17) is 4.74 Å². The molecule has 2 aromatic heterocycles. The van der Waals surface area contributed by atoms with Crippen LogP contribution in [0.2, 0.25) is 0 Å². The highest BCUT2D eigenvalue weighted by Crippen LogP contribution is 2.26. The molecular formula is C22H20N4O3. The largest absolute Gasteiger partial charge is 0.487 e. The van der Waals surface area contributed by atoms with Crippen molar-refractivity contribution in [3.63, 3.8) is 0 Å². The number of hydrogen-bond acceptors (Lipinski definition) is 4. The molecule has 1 N–H and O–H groups in total. The summed E-state index contributed by atoms with van der Waals surface area (Å²) in [5.41, 5.74) is 3.31. The predicted molar refractivity (Wildman–Crippen MR) is 111 cm³/mol. The minimum absolute atomic E-state index is 0.145. The lowest BCUT2D eigenvalue weighted by Gasteiger charge is -2.09. The monoisotopic (exact) mass is 388 g/mol. The third-order valence-electron chi connectivity index (χ3n) is 4.45. The number of rotatable bonds is 5. The van der Waals surface area contributed by atoms with Crippen molar-refractivity contribution in [3.05, 3.63) is 83.2 Å². The lowest BCUT2D eigenvalue weighted by atomic mass is 10.1. The van der Waals surface area contributed by atoms with E-state index in [0.717, 1.165) is 16.9 Å². The Morgan fingerprint density at radius 1 is 1.10 bits per heavy atom. The van der Waals surface area contributed by atoms with E-state index in [-0.39, 0.29) is 18.2 Å². The van der Waals surface area contributed by atoms with E-state index in [1.165, 1.54) is 15.9 Å². The molecule has 7 nitrogen and oxygen atoms in total. The summed E-state index contributed by atoms with van der Waals surface area (Å²) >= 11 is 0. The lowest BCUT2D eigenvalue weighted by molar-refractivity contribution is -0.114. The molecular weight excluding hydrogens is 368 g/mol. The number of aryl methyl sites for hydroxylation is 1. The van der Waals surface area contributed by atoms with Gasteiger partial charge in [0, 0.05) is 37.6 Å². The molecule has 0 radical (unpaired) electrons. The van der Waals surface area contributed by atoms with Crippen molar-refractivity contribution < 1.29 is 9.53 Å². The van der Waals surface area contributed by atoms with Crippen LogP contribution in [0, 0.1) is 0 Å². The van der Waals surface area contributed by atoms with Crippen LogP contribution in [0.5, 0.6) is 5.75 Å². The molecule has 0 spiro atoms. The molecule has 29 heavy (non-hydrogen) atoms. The van der Waals surface area contributed by atoms with E-state index >= 15 is 0 Å². The lowest BCUT2D eigenvalue weighted by Crippen LogP contribution is -2.23. The van der Waals surface area contributed by atoms with Gasteiger partial charge in [0.15, 0.2) is 5.65 Å². The standard InChI is InChI=1S/C22H20N4O3/c1-15(27)23-17-8-6-7-16(11-17)20-13-25(2)22(28)26-12-18(24-21(20)26)14-29-19-9-4-3-5-10-19/h3-13H,14H2,1-2H3,(H,23,27). The number of carbonyl (C=O) groups is 1. The molecule has 0 bridgehead atoms. The van der Waals surface area contributed by atoms with Gasteiger partial charge in [-0.3, -0.25) is 9.20 Å². The Labute approximate surface area is 167 Å². The van der Waals surface area contributed by atoms with Gasteiger partial charge in [-0.15, -0.1) is 0 Å². The number of para-hydroxylation sites is 1. The summed E-state index contributed by atoms with van der Waals surface area (Å²) in [6.07, 6.45) is 3.45. The molecule has 0 aliphatic rings. The van der Waals surface area contributed by atoms with Crippen molar-refractivity contribution >= 4 is 17.2 Å². The Bertz CT molecular complexity index is 1240. The van der Waals surface area contributed by atoms with E-state index in [2.05, 4.69) is 10.3 Å². The highest BCUT2D eigenvalue weighted by Gasteiger charge is 2.14. The third-order valence-corrected chi connectivity index (χ3v) is 4.45. The molecule has 1 amide bonds. The number of amides is 1. The van der Waals surface area contributed by atoms with Crippen LogP contribution in [0.4, 0.5) is 5.69 Å². The average Bonchev–Trinajstić information content (AvgIpc) is 3.14. The van der Waals surface area contributed by atoms with Crippen LogP contribution in [-0.4, -0.2) is 19.9 Å². The quantitative estimate of drug-likeness (QED) is 0.569. The van der Waals surface area contributed by atoms with Gasteiger partial charge in [0.1, 0.15) is 12.4 Å². The highest BCUT2D eigenvalue weighted by molar-refractivity contribution is 5.90. The molecule has 0 saturated carbocycles. The number of fused-ring (bicyclic) bond motifs is 1. The number of imidazole rings is 1. The molecule has 2 heterocycles. The third kappa shape index (κ3) is 3.89. The van der Waals surface area contributed by atoms with Gasteiger partial charge < -0.3 is 14.6 Å². The number of carbonyl (C=O) groups excluding carboxylic acids is 1. The normalized spacial score (nSPS) is 10.8. The maximum Gasteiger partial charge on any atom is 0.333 e. The first-order valence-corrected chi connectivity index (χ1v) is 9.15. The minimum atomic E-state index is -0.194. The first-order chi connectivity index (χ1) is 14.0. The van der Waals surface area contributed by atoms with Crippen molar-refractivity contribution in [1.29, 1.82) is 0 Å². The van der Waals surface area contributed by atoms with Crippen molar-refractivity contribution in [1.82, 2.24) is 14.0 Å². The zero-order chi connectivity index (χ0) is 20.4. The zero-order valence-corrected chi connectivity index (χ0v) is 16.1. The molecule has 2 aromatic carbocycles. The van der Waals surface area contributed by atoms with Gasteiger partial charge in [-0.2, -0.15) is 0 Å². The van der Waals surface area contributed by atoms with Crippen molar-refractivity contribution in [2.24, 2.45) is 7.05 Å². The zero-order valence-electron chi connectivity index (χ0n) is 16.1. The Morgan fingerprint density at radius 2 is 1.90 bits per heavy atom. The van der Waals surface area contributed by atoms with Crippen LogP contribution in [0.3, 0.4) is 0 Å². The van der Waals surface area contributed by atoms with Crippen LogP contribution in [0.1, 0.15) is 12.6 Å². The molecule has 0 fully saturated rings. The number of ether oxygens (including phenoxy) is 1. The minimum Gasteiger partial charge on any atom is -0.487 e. The summed E-state index contributed by atoms with van der Waals surface area (Å²) in [4.78, 5) is 28.6. The van der Waals surface area contributed by atoms with Crippen molar-refractivity contribution in [3.8, 4) is 16.9 Å². The fraction of sp³-hybridized carbons (Fsp3) is 0.136. The highest BCUT2D eigenvalue weighted by atomic mass is 16.5. The first kappa shape index (κ1) is 18.5. The molecule has 0 aliphatic heterocycles. The molecule has 4 rings (SSSR count). The number of hydrogen-bond donors (Lipinski definition) is 1. The Morgan fingerprint density at radius 3 is 2.66 bits per heavy atom. The number of aromatic nitrogens is 3. The maximum absolute atomic E-state index is 12.6. The molecule has 7 heteroatoms. The summed E-state index contributed by atoms with van der Waals surface area (Å²) < 4.78 is 8.80. The number of nitrogens with zero attached hydrogens (tertiary/aromatic N) is 3. The molecule has 0 atom stereocenters. The van der Waals surface area contributed by atoms with Gasteiger partial charge in [-0.25, -0.2) is 9.78 Å². The van der Waals surface area contributed by atoms with Crippen LogP contribution >= 0.6 is 0 Å². The van der Waals surface area contributed by atoms with Crippen LogP contribution < -0.4 is 15.7 Å². The number of benzene rings is 2. The second kappa shape index (κ2) is 7.63. The van der Waals surface area contributed by atoms with Crippen LogP contribution in [0.25, 0.3) is 16.8 Å². The SMILES string of the molecule is CC(=O)Nc1cccc(-c2cn(C)c(=O)n3cc(COc4ccccc4)nc23)c1. The second-order valence-electron chi connectivity index (χ2n) is 6.73. The van der Waals surface area contributed by atoms with Gasteiger partial charge in [0.25, 0.3) is 0 Å². The van der Waals surface area contributed by atoms with Crippen LogP contribution in [-0.2, 0) is 18.4 Å². The molecule has 0 unspecified atom stereocenters. The number of nitrogens with one attached hydrogen (secondary N) is 1. The smallest absolute Gasteiger partial charge is 0.333 e. The summed E-state index contributed by atoms with van der Waals surface area (Å²) in [6.45, 7) is 1.71. The van der Waals surface area contributed by atoms with Gasteiger partial charge >= 0.3 is 5.69 Å². The fourth-order valence-electron chi connectivity index (χ4n) is 3.16. The maximum atomic E-state index is 12.6. The number of anilines is 1. The van der Waals surface area contributed by atoms with E-state index in [0.29, 0.717) is 17.0 Å². The molecule has 4 aromatic rings. The Balaban J connectivity index is 1.75. The first-order valence-electron chi connectivity index (χ1n) is 9.15. The summed E-state index contributed by atoms with van der Waals surface area (Å²) in [7, 11) is 1.70. The van der Waals surface area contributed by atoms with Gasteiger partial charge in [-0.1, -0.05) is 30.3 Å². The Kier molecular flexibility index (Phi) is 4.87. The van der Waals surface area contributed by atoms with E-state index in [1.54, 1.807) is 19.4 Å². The van der Waals surface area contributed by atoms with Crippen LogP contribution in [0.15, 0.2) is 71.8 Å². The van der Waals surface area contributed by atoms with E-state index < -0.39 is 0 Å². The molecule has 0 aliphatic carbocycles. The van der Waals surface area contributed by atoms with Crippen molar-refractivity contribution in [2.75, 3.05) is 5.32 Å². The van der Waals surface area contributed by atoms with Gasteiger partial charge in [0.2, 0.25) is 5.91 Å². The molecule has 0 saturated heterocycles. The van der Waals surface area contributed by atoms with E-state index in [9.17, 15) is 9.59 Å². The van der Waals surface area contributed by atoms with Crippen molar-refractivity contribution in [2.45, 2.75) is 13.5 Å².